The molecule has 80 valence electrons. The standard InChI is InChI=1S/C7H14O2.3CH3.Sb/c1-3-5-6-9-7(8)4-2;;;;/h3-6H2,1-2H3;3*1H3;. The summed E-state index contributed by atoms with van der Waals surface area (Å²) in [4.78, 5) is 17.5. The monoisotopic (exact) mass is 296 g/mol. The summed E-state index contributed by atoms with van der Waals surface area (Å²) < 4.78 is 4.79. The topological polar surface area (TPSA) is 26.3 Å². The normalized spacial score (nSPS) is 9.08. The van der Waals surface area contributed by atoms with Crippen LogP contribution in [-0.4, -0.2) is 32.8 Å². The molecule has 0 saturated heterocycles. The number of hydrogen-bond acceptors (Lipinski definition) is 2. The Labute approximate surface area is 90.0 Å². The van der Waals surface area contributed by atoms with Gasteiger partial charge in [0.15, 0.2) is 0 Å². The predicted octanol–water partition coefficient (Wildman–Crippen LogP) is 3.11. The van der Waals surface area contributed by atoms with Crippen LogP contribution in [0.15, 0.2) is 0 Å². The number of unbranched alkanes of at least 4 members (excludes halogenated alkanes) is 1. The van der Waals surface area contributed by atoms with Gasteiger partial charge in [0.05, 0.1) is 6.61 Å². The van der Waals surface area contributed by atoms with Crippen molar-refractivity contribution in [1.82, 2.24) is 0 Å². The first-order valence-corrected chi connectivity index (χ1v) is 12.5. The number of esters is 1. The molecule has 0 fully saturated rings. The van der Waals surface area contributed by atoms with Crippen LogP contribution in [0.3, 0.4) is 0 Å². The summed E-state index contributed by atoms with van der Waals surface area (Å²) in [6.07, 6.45) is 2.55. The number of carbonyl (C=O) groups is 1. The summed E-state index contributed by atoms with van der Waals surface area (Å²) in [5.74, 6) is -0.0940. The SMILES string of the molecule is CCCCOC(=O)CC.[CH3][Sb]([CH3])[CH3]. The van der Waals surface area contributed by atoms with Crippen LogP contribution in [0.4, 0.5) is 0 Å². The average molecular weight is 297 g/mol. The van der Waals surface area contributed by atoms with Gasteiger partial charge in [-0.1, -0.05) is 20.3 Å². The van der Waals surface area contributed by atoms with Crippen molar-refractivity contribution in [2.75, 3.05) is 6.61 Å². The van der Waals surface area contributed by atoms with E-state index in [0.29, 0.717) is 13.0 Å². The fourth-order valence-electron chi connectivity index (χ4n) is 0.432. The minimum absolute atomic E-state index is 0.0940. The van der Waals surface area contributed by atoms with E-state index in [1.807, 2.05) is 0 Å². The Bertz CT molecular complexity index is 111. The van der Waals surface area contributed by atoms with Gasteiger partial charge in [0, 0.05) is 6.42 Å². The van der Waals surface area contributed by atoms with Crippen LogP contribution in [0.2, 0.25) is 14.6 Å². The van der Waals surface area contributed by atoms with E-state index in [1.54, 1.807) is 6.92 Å². The molecule has 0 aromatic carbocycles. The molecule has 0 amide bonds. The van der Waals surface area contributed by atoms with Gasteiger partial charge in [0.2, 0.25) is 0 Å². The van der Waals surface area contributed by atoms with Crippen molar-refractivity contribution in [2.24, 2.45) is 0 Å². The van der Waals surface area contributed by atoms with E-state index in [-0.39, 0.29) is 5.97 Å². The molecule has 2 nitrogen and oxygen atoms in total. The van der Waals surface area contributed by atoms with Crippen LogP contribution in [0.25, 0.3) is 0 Å². The van der Waals surface area contributed by atoms with Crippen molar-refractivity contribution in [1.29, 1.82) is 0 Å². The molecule has 13 heavy (non-hydrogen) atoms. The molecule has 0 radical (unpaired) electrons. The van der Waals surface area contributed by atoms with E-state index in [1.165, 1.54) is 0 Å². The molecule has 0 atom stereocenters. The molecule has 0 aromatic heterocycles. The van der Waals surface area contributed by atoms with Gasteiger partial charge in [0.1, 0.15) is 0 Å². The van der Waals surface area contributed by atoms with E-state index in [2.05, 4.69) is 21.5 Å². The number of carbonyl (C=O) groups excluding carboxylic acids is 1. The summed E-state index contributed by atoms with van der Waals surface area (Å²) in [7, 11) is 0. The third-order valence-electron chi connectivity index (χ3n) is 1.05. The van der Waals surface area contributed by atoms with Crippen LogP contribution in [0.1, 0.15) is 33.1 Å². The minimum atomic E-state index is -0.450. The summed E-state index contributed by atoms with van der Waals surface area (Å²) in [6, 6.07) is 0. The van der Waals surface area contributed by atoms with Gasteiger partial charge < -0.3 is 4.74 Å². The zero-order chi connectivity index (χ0) is 10.7. The van der Waals surface area contributed by atoms with Crippen molar-refractivity contribution in [2.45, 2.75) is 47.7 Å². The Hall–Kier alpha value is 0.288. The van der Waals surface area contributed by atoms with Gasteiger partial charge in [-0.05, 0) is 6.42 Å². The molecule has 0 aromatic rings. The van der Waals surface area contributed by atoms with Gasteiger partial charge in [-0.25, -0.2) is 0 Å². The first-order chi connectivity index (χ1) is 6.04. The van der Waals surface area contributed by atoms with Crippen molar-refractivity contribution in [3.8, 4) is 0 Å². The Morgan fingerprint density at radius 1 is 1.23 bits per heavy atom. The quantitative estimate of drug-likeness (QED) is 0.453. The van der Waals surface area contributed by atoms with Gasteiger partial charge in [0.25, 0.3) is 0 Å². The summed E-state index contributed by atoms with van der Waals surface area (Å²) >= 11 is -0.450. The molecular weight excluding hydrogens is 274 g/mol. The summed E-state index contributed by atoms with van der Waals surface area (Å²) in [5.41, 5.74) is 0. The van der Waals surface area contributed by atoms with Crippen LogP contribution >= 0.6 is 0 Å². The second-order valence-corrected chi connectivity index (χ2v) is 10.9. The van der Waals surface area contributed by atoms with Crippen molar-refractivity contribution in [3.63, 3.8) is 0 Å². The van der Waals surface area contributed by atoms with Crippen LogP contribution in [0, 0.1) is 0 Å². The second-order valence-electron chi connectivity index (χ2n) is 3.27. The van der Waals surface area contributed by atoms with Crippen molar-refractivity contribution >= 4 is 26.2 Å². The molecule has 0 aliphatic carbocycles. The number of ether oxygens (including phenoxy) is 1. The predicted molar refractivity (Wildman–Crippen MR) is 59.5 cm³/mol. The van der Waals surface area contributed by atoms with Gasteiger partial charge in [-0.2, -0.15) is 0 Å². The summed E-state index contributed by atoms with van der Waals surface area (Å²) in [5, 5.41) is 0. The third-order valence-corrected chi connectivity index (χ3v) is 1.05. The average Bonchev–Trinajstić information content (AvgIpc) is 2.03. The van der Waals surface area contributed by atoms with E-state index >= 15 is 0 Å². The third kappa shape index (κ3) is 24.5. The Balaban J connectivity index is 0. The molecular formula is C10H23O2Sb. The molecule has 0 bridgehead atoms. The number of hydrogen-bond donors (Lipinski definition) is 0. The summed E-state index contributed by atoms with van der Waals surface area (Å²) in [6.45, 7) is 4.46. The van der Waals surface area contributed by atoms with Crippen molar-refractivity contribution in [3.05, 3.63) is 0 Å². The first-order valence-electron chi connectivity index (χ1n) is 4.81. The molecule has 0 aliphatic rings. The molecule has 0 saturated carbocycles. The van der Waals surface area contributed by atoms with Crippen molar-refractivity contribution < 1.29 is 9.53 Å². The fraction of sp³-hybridized carbons (Fsp3) is 0.900. The number of rotatable bonds is 4. The molecule has 0 unspecified atom stereocenters. The first kappa shape index (κ1) is 15.7. The van der Waals surface area contributed by atoms with Gasteiger partial charge in [-0.15, -0.1) is 0 Å². The fourth-order valence-corrected chi connectivity index (χ4v) is 0.432. The zero-order valence-electron chi connectivity index (χ0n) is 9.59. The molecule has 0 N–H and O–H groups in total. The van der Waals surface area contributed by atoms with Crippen LogP contribution in [-0.2, 0) is 9.53 Å². The van der Waals surface area contributed by atoms with Crippen LogP contribution in [0.5, 0.6) is 0 Å². The maximum absolute atomic E-state index is 10.5. The van der Waals surface area contributed by atoms with Gasteiger partial charge >= 0.3 is 40.8 Å². The second kappa shape index (κ2) is 12.3. The van der Waals surface area contributed by atoms with E-state index in [0.717, 1.165) is 12.8 Å². The molecule has 0 spiro atoms. The molecule has 3 heteroatoms. The maximum atomic E-state index is 10.5. The Kier molecular flexibility index (Phi) is 14.9. The van der Waals surface area contributed by atoms with E-state index < -0.39 is 20.2 Å². The van der Waals surface area contributed by atoms with E-state index in [4.69, 9.17) is 4.74 Å². The molecule has 0 aliphatic heterocycles. The van der Waals surface area contributed by atoms with Crippen LogP contribution < -0.4 is 0 Å². The Morgan fingerprint density at radius 2 is 1.69 bits per heavy atom. The zero-order valence-corrected chi connectivity index (χ0v) is 12.1. The Morgan fingerprint density at radius 3 is 2.00 bits per heavy atom. The molecule has 0 heterocycles. The van der Waals surface area contributed by atoms with Gasteiger partial charge in [-0.3, -0.25) is 4.79 Å². The van der Waals surface area contributed by atoms with E-state index in [9.17, 15) is 4.79 Å². The molecule has 0 rings (SSSR count).